The molecule has 0 amide bonds. The van der Waals surface area contributed by atoms with Crippen LogP contribution >= 0.6 is 24.0 Å². The molecule has 0 saturated carbocycles. The Balaban J connectivity index is 0.00000242. The second-order valence-corrected chi connectivity index (χ2v) is 6.44. The van der Waals surface area contributed by atoms with Gasteiger partial charge in [0.25, 0.3) is 0 Å². The first-order valence-electron chi connectivity index (χ1n) is 8.00. The van der Waals surface area contributed by atoms with E-state index in [4.69, 9.17) is 0 Å². The fourth-order valence-corrected chi connectivity index (χ4v) is 3.36. The average Bonchev–Trinajstić information content (AvgIpc) is 2.85. The fourth-order valence-electron chi connectivity index (χ4n) is 3.36. The topological polar surface area (TPSA) is 45.4 Å². The van der Waals surface area contributed by atoms with E-state index in [-0.39, 0.29) is 24.0 Å². The van der Waals surface area contributed by atoms with Crippen LogP contribution in [0.25, 0.3) is 0 Å². The lowest BCUT2D eigenvalue weighted by Crippen LogP contribution is -2.49. The number of aliphatic imine (C=N–C) groups is 1. The predicted molar refractivity (Wildman–Crippen MR) is 103 cm³/mol. The van der Waals surface area contributed by atoms with Crippen LogP contribution in [-0.2, 0) is 13.6 Å². The Morgan fingerprint density at radius 2 is 2.27 bits per heavy atom. The van der Waals surface area contributed by atoms with Gasteiger partial charge in [-0.3, -0.25) is 4.99 Å². The van der Waals surface area contributed by atoms with Crippen molar-refractivity contribution in [3.63, 3.8) is 0 Å². The quantitative estimate of drug-likeness (QED) is 0.464. The Bertz CT molecular complexity index is 481. The minimum atomic E-state index is 0. The fraction of sp³-hybridized carbons (Fsp3) is 0.750. The second kappa shape index (κ2) is 8.74. The van der Waals surface area contributed by atoms with Crippen molar-refractivity contribution in [3.05, 3.63) is 18.2 Å². The van der Waals surface area contributed by atoms with Crippen molar-refractivity contribution in [2.24, 2.45) is 17.5 Å². The number of imidazole rings is 1. The van der Waals surface area contributed by atoms with Gasteiger partial charge in [-0.2, -0.15) is 0 Å². The smallest absolute Gasteiger partial charge is 0.194 e. The molecule has 1 saturated heterocycles. The Morgan fingerprint density at radius 1 is 1.50 bits per heavy atom. The van der Waals surface area contributed by atoms with Gasteiger partial charge in [0.05, 0.1) is 6.54 Å². The maximum absolute atomic E-state index is 4.46. The highest BCUT2D eigenvalue weighted by Crippen LogP contribution is 2.33. The van der Waals surface area contributed by atoms with Crippen molar-refractivity contribution in [1.82, 2.24) is 19.8 Å². The van der Waals surface area contributed by atoms with Crippen LogP contribution in [0, 0.1) is 5.41 Å². The summed E-state index contributed by atoms with van der Waals surface area (Å²) in [6.45, 7) is 7.60. The zero-order chi connectivity index (χ0) is 15.3. The van der Waals surface area contributed by atoms with Crippen molar-refractivity contribution >= 4 is 29.9 Å². The normalized spacial score (nSPS) is 22.4. The van der Waals surface area contributed by atoms with Crippen molar-refractivity contribution in [1.29, 1.82) is 0 Å². The number of guanidine groups is 1. The van der Waals surface area contributed by atoms with Crippen molar-refractivity contribution in [2.75, 3.05) is 20.1 Å². The van der Waals surface area contributed by atoms with Crippen LogP contribution in [0.15, 0.2) is 17.4 Å². The van der Waals surface area contributed by atoms with Gasteiger partial charge in [-0.05, 0) is 24.7 Å². The van der Waals surface area contributed by atoms with Crippen LogP contribution < -0.4 is 5.32 Å². The predicted octanol–water partition coefficient (Wildman–Crippen LogP) is 3.02. The molecule has 2 heterocycles. The number of likely N-dealkylation sites (tertiary alicyclic amines) is 1. The summed E-state index contributed by atoms with van der Waals surface area (Å²) < 4.78 is 2.04. The molecule has 0 radical (unpaired) electrons. The Hall–Kier alpha value is -0.790. The van der Waals surface area contributed by atoms with E-state index < -0.39 is 0 Å². The molecule has 1 fully saturated rings. The average molecular weight is 419 g/mol. The van der Waals surface area contributed by atoms with E-state index >= 15 is 0 Å². The summed E-state index contributed by atoms with van der Waals surface area (Å²) >= 11 is 0. The molecule has 6 heteroatoms. The van der Waals surface area contributed by atoms with Crippen LogP contribution in [0.3, 0.4) is 0 Å². The number of rotatable bonds is 4. The molecule has 1 aliphatic heterocycles. The van der Waals surface area contributed by atoms with Gasteiger partial charge < -0.3 is 14.8 Å². The molecule has 1 unspecified atom stereocenters. The molecule has 1 N–H and O–H groups in total. The van der Waals surface area contributed by atoms with Gasteiger partial charge in [0, 0.05) is 39.6 Å². The van der Waals surface area contributed by atoms with Crippen molar-refractivity contribution in [2.45, 2.75) is 46.1 Å². The number of halogens is 1. The second-order valence-electron chi connectivity index (χ2n) is 6.44. The largest absolute Gasteiger partial charge is 0.349 e. The number of aromatic nitrogens is 2. The molecule has 0 aliphatic carbocycles. The van der Waals surface area contributed by atoms with Gasteiger partial charge in [0.1, 0.15) is 5.82 Å². The van der Waals surface area contributed by atoms with Gasteiger partial charge in [0.15, 0.2) is 5.96 Å². The number of aryl methyl sites for hydroxylation is 1. The van der Waals surface area contributed by atoms with Gasteiger partial charge >= 0.3 is 0 Å². The van der Waals surface area contributed by atoms with Crippen molar-refractivity contribution in [3.8, 4) is 0 Å². The van der Waals surface area contributed by atoms with E-state index in [0.717, 1.165) is 31.4 Å². The van der Waals surface area contributed by atoms with Crippen LogP contribution in [0.4, 0.5) is 0 Å². The molecular weight excluding hydrogens is 389 g/mol. The minimum Gasteiger partial charge on any atom is -0.349 e. The van der Waals surface area contributed by atoms with Gasteiger partial charge in [0.2, 0.25) is 0 Å². The Kier molecular flexibility index (Phi) is 7.65. The SMILES string of the molecule is CCCC1(C)CCCN(C(=NC)NCc2nccn2C)C1.I. The molecule has 0 aromatic carbocycles. The summed E-state index contributed by atoms with van der Waals surface area (Å²) in [6.07, 6.45) is 8.93. The molecular formula is C16H30IN5. The monoisotopic (exact) mass is 419 g/mol. The zero-order valence-corrected chi connectivity index (χ0v) is 16.6. The number of nitrogens with one attached hydrogen (secondary N) is 1. The van der Waals surface area contributed by atoms with E-state index in [0.29, 0.717) is 5.41 Å². The zero-order valence-electron chi connectivity index (χ0n) is 14.3. The third-order valence-electron chi connectivity index (χ3n) is 4.47. The summed E-state index contributed by atoms with van der Waals surface area (Å²) in [4.78, 5) is 11.2. The van der Waals surface area contributed by atoms with E-state index in [1.165, 1.54) is 25.7 Å². The standard InChI is InChI=1S/C16H29N5.HI/c1-5-7-16(2)8-6-10-21(13-16)15(17-3)19-12-14-18-9-11-20(14)4;/h9,11H,5-8,10,12-13H2,1-4H3,(H,17,19);1H. The Morgan fingerprint density at radius 3 is 2.86 bits per heavy atom. The highest BCUT2D eigenvalue weighted by atomic mass is 127. The summed E-state index contributed by atoms with van der Waals surface area (Å²) in [6, 6.07) is 0. The lowest BCUT2D eigenvalue weighted by molar-refractivity contribution is 0.142. The number of nitrogens with zero attached hydrogens (tertiary/aromatic N) is 4. The van der Waals surface area contributed by atoms with Crippen molar-refractivity contribution < 1.29 is 0 Å². The minimum absolute atomic E-state index is 0. The molecule has 2 rings (SSSR count). The van der Waals surface area contributed by atoms with Crippen LogP contribution in [0.2, 0.25) is 0 Å². The van der Waals surface area contributed by atoms with Crippen LogP contribution in [-0.4, -0.2) is 40.5 Å². The molecule has 126 valence electrons. The first kappa shape index (κ1) is 19.3. The Labute approximate surface area is 151 Å². The number of piperidine rings is 1. The maximum Gasteiger partial charge on any atom is 0.194 e. The maximum atomic E-state index is 4.46. The van der Waals surface area contributed by atoms with E-state index in [1.807, 2.05) is 31.1 Å². The third kappa shape index (κ3) is 4.86. The van der Waals surface area contributed by atoms with Crippen LogP contribution in [0.1, 0.15) is 45.4 Å². The van der Waals surface area contributed by atoms with E-state index in [1.54, 1.807) is 0 Å². The summed E-state index contributed by atoms with van der Waals surface area (Å²) in [5.41, 5.74) is 0.424. The van der Waals surface area contributed by atoms with Gasteiger partial charge in [-0.15, -0.1) is 24.0 Å². The van der Waals surface area contributed by atoms with Gasteiger partial charge in [-0.1, -0.05) is 20.3 Å². The highest BCUT2D eigenvalue weighted by Gasteiger charge is 2.31. The molecule has 1 atom stereocenters. The molecule has 22 heavy (non-hydrogen) atoms. The summed E-state index contributed by atoms with van der Waals surface area (Å²) in [7, 11) is 3.89. The molecule has 1 aliphatic rings. The number of hydrogen-bond donors (Lipinski definition) is 1. The van der Waals surface area contributed by atoms with Gasteiger partial charge in [-0.25, -0.2) is 4.98 Å². The first-order valence-corrected chi connectivity index (χ1v) is 8.00. The molecule has 0 bridgehead atoms. The highest BCUT2D eigenvalue weighted by molar-refractivity contribution is 14.0. The molecule has 5 nitrogen and oxygen atoms in total. The number of hydrogen-bond acceptors (Lipinski definition) is 2. The molecule has 0 spiro atoms. The van der Waals surface area contributed by atoms with E-state index in [2.05, 4.69) is 34.0 Å². The molecule has 1 aromatic rings. The van der Waals surface area contributed by atoms with Crippen LogP contribution in [0.5, 0.6) is 0 Å². The lowest BCUT2D eigenvalue weighted by Gasteiger charge is -2.42. The van der Waals surface area contributed by atoms with E-state index in [9.17, 15) is 0 Å². The molecule has 1 aromatic heterocycles. The lowest BCUT2D eigenvalue weighted by atomic mass is 9.78. The third-order valence-corrected chi connectivity index (χ3v) is 4.47. The summed E-state index contributed by atoms with van der Waals surface area (Å²) in [5.74, 6) is 2.03. The first-order chi connectivity index (χ1) is 10.1. The summed E-state index contributed by atoms with van der Waals surface area (Å²) in [5, 5.41) is 3.45.